The Morgan fingerprint density at radius 3 is 2.32 bits per heavy atom. The second-order valence-corrected chi connectivity index (χ2v) is 5.58. The molecule has 0 aliphatic rings. The van der Waals surface area contributed by atoms with Crippen molar-refractivity contribution < 1.29 is 19.4 Å². The summed E-state index contributed by atoms with van der Waals surface area (Å²) in [6.45, 7) is 5.09. The van der Waals surface area contributed by atoms with Crippen LogP contribution in [0.3, 0.4) is 0 Å². The number of hydrogen-bond donors (Lipinski definition) is 1. The minimum absolute atomic E-state index is 0.332. The van der Waals surface area contributed by atoms with Crippen molar-refractivity contribution in [3.05, 3.63) is 42.0 Å². The molecule has 118 valence electrons. The predicted molar refractivity (Wildman–Crippen MR) is 86.1 cm³/mol. The van der Waals surface area contributed by atoms with Gasteiger partial charge >= 0.3 is 5.97 Å². The van der Waals surface area contributed by atoms with Gasteiger partial charge in [0.1, 0.15) is 11.9 Å². The Morgan fingerprint density at radius 2 is 1.68 bits per heavy atom. The maximum Gasteiger partial charge on any atom is 0.313 e. The molecule has 0 fully saturated rings. The average molecular weight is 302 g/mol. The predicted octanol–water partition coefficient (Wildman–Crippen LogP) is 3.26. The lowest BCUT2D eigenvalue weighted by Gasteiger charge is -2.19. The third-order valence-corrected chi connectivity index (χ3v) is 3.91. The fourth-order valence-electron chi connectivity index (χ4n) is 2.16. The number of aliphatic hydroxyl groups is 1. The molecule has 4 nitrogen and oxygen atoms in total. The number of carbonyl (C=O) groups excluding carboxylic acids is 1. The smallest absolute Gasteiger partial charge is 0.313 e. The summed E-state index contributed by atoms with van der Waals surface area (Å²) in [7, 11) is 1.64. The maximum atomic E-state index is 12.1. The lowest BCUT2D eigenvalue weighted by molar-refractivity contribution is -0.154. The molecule has 2 aromatic carbocycles. The monoisotopic (exact) mass is 302 g/mol. The molecule has 22 heavy (non-hydrogen) atoms. The van der Waals surface area contributed by atoms with E-state index < -0.39 is 12.2 Å². The van der Waals surface area contributed by atoms with Crippen LogP contribution < -0.4 is 4.74 Å². The molecule has 2 unspecified atom stereocenters. The first kappa shape index (κ1) is 16.3. The van der Waals surface area contributed by atoms with Crippen molar-refractivity contribution in [2.45, 2.75) is 38.9 Å². The van der Waals surface area contributed by atoms with Crippen LogP contribution in [0.1, 0.15) is 32.3 Å². The van der Waals surface area contributed by atoms with Crippen molar-refractivity contribution in [3.63, 3.8) is 0 Å². The van der Waals surface area contributed by atoms with Crippen molar-refractivity contribution in [1.82, 2.24) is 0 Å². The molecule has 0 aliphatic heterocycles. The second-order valence-electron chi connectivity index (χ2n) is 5.58. The summed E-state index contributed by atoms with van der Waals surface area (Å²) in [5.74, 6) is 0.0902. The fourth-order valence-corrected chi connectivity index (χ4v) is 2.16. The van der Waals surface area contributed by atoms with Crippen molar-refractivity contribution in [3.8, 4) is 5.75 Å². The summed E-state index contributed by atoms with van der Waals surface area (Å²) in [6.07, 6.45) is -1.19. The van der Waals surface area contributed by atoms with Crippen molar-refractivity contribution in [2.24, 2.45) is 0 Å². The summed E-state index contributed by atoms with van der Waals surface area (Å²) < 4.78 is 10.5. The van der Waals surface area contributed by atoms with Gasteiger partial charge in [-0.15, -0.1) is 0 Å². The standard InChI is InChI=1S/C18H22O4/c1-11(18(20)22-13(3)12(2)19)14-5-6-16-10-17(21-4)8-7-15(16)9-14/h5-13,19H,1-4H3/t11-,12?,13?/m0/s1. The zero-order valence-electron chi connectivity index (χ0n) is 13.4. The number of aliphatic hydroxyl groups excluding tert-OH is 1. The molecule has 1 N–H and O–H groups in total. The molecule has 2 rings (SSSR count). The second kappa shape index (κ2) is 6.79. The number of hydrogen-bond acceptors (Lipinski definition) is 4. The first-order valence-electron chi connectivity index (χ1n) is 7.38. The van der Waals surface area contributed by atoms with Gasteiger partial charge in [-0.2, -0.15) is 0 Å². The van der Waals surface area contributed by atoms with Gasteiger partial charge in [0.05, 0.1) is 19.1 Å². The Labute approximate surface area is 130 Å². The minimum Gasteiger partial charge on any atom is -0.497 e. The molecule has 0 saturated heterocycles. The number of fused-ring (bicyclic) bond motifs is 1. The SMILES string of the molecule is COc1ccc2cc([C@H](C)C(=O)OC(C)C(C)O)ccc2c1. The van der Waals surface area contributed by atoms with Crippen molar-refractivity contribution in [2.75, 3.05) is 7.11 Å². The molecule has 0 aromatic heterocycles. The quantitative estimate of drug-likeness (QED) is 0.861. The number of carbonyl (C=O) groups is 1. The van der Waals surface area contributed by atoms with E-state index in [1.165, 1.54) is 0 Å². The molecule has 0 saturated carbocycles. The molecule has 3 atom stereocenters. The third-order valence-electron chi connectivity index (χ3n) is 3.91. The minimum atomic E-state index is -0.680. The highest BCUT2D eigenvalue weighted by atomic mass is 16.6. The molecule has 0 heterocycles. The lowest BCUT2D eigenvalue weighted by atomic mass is 9.97. The number of benzene rings is 2. The molecule has 4 heteroatoms. The van der Waals surface area contributed by atoms with Crippen LogP contribution in [0.25, 0.3) is 10.8 Å². The van der Waals surface area contributed by atoms with E-state index in [1.807, 2.05) is 43.3 Å². The average Bonchev–Trinajstić information content (AvgIpc) is 2.52. The number of rotatable bonds is 5. The molecule has 2 aromatic rings. The zero-order chi connectivity index (χ0) is 16.3. The van der Waals surface area contributed by atoms with Crippen LogP contribution in [0, 0.1) is 0 Å². The van der Waals surface area contributed by atoms with Crippen molar-refractivity contribution in [1.29, 1.82) is 0 Å². The molecular formula is C18H22O4. The molecule has 0 radical (unpaired) electrons. The van der Waals surface area contributed by atoms with Crippen LogP contribution in [0.4, 0.5) is 0 Å². The van der Waals surface area contributed by atoms with E-state index >= 15 is 0 Å². The van der Waals surface area contributed by atoms with E-state index in [2.05, 4.69) is 0 Å². The first-order valence-corrected chi connectivity index (χ1v) is 7.38. The fraction of sp³-hybridized carbons (Fsp3) is 0.389. The maximum absolute atomic E-state index is 12.1. The molecular weight excluding hydrogens is 280 g/mol. The molecule has 0 bridgehead atoms. The summed E-state index contributed by atoms with van der Waals surface area (Å²) >= 11 is 0. The van der Waals surface area contributed by atoms with Gasteiger partial charge in [0.2, 0.25) is 0 Å². The summed E-state index contributed by atoms with van der Waals surface area (Å²) in [5, 5.41) is 11.5. The van der Waals surface area contributed by atoms with Gasteiger partial charge in [-0.3, -0.25) is 4.79 Å². The third kappa shape index (κ3) is 3.57. The van der Waals surface area contributed by atoms with Crippen LogP contribution in [0.15, 0.2) is 36.4 Å². The van der Waals surface area contributed by atoms with Gasteiger partial charge in [-0.1, -0.05) is 24.3 Å². The largest absolute Gasteiger partial charge is 0.497 e. The van der Waals surface area contributed by atoms with Crippen LogP contribution in [-0.4, -0.2) is 30.4 Å². The zero-order valence-corrected chi connectivity index (χ0v) is 13.4. The number of ether oxygens (including phenoxy) is 2. The van der Waals surface area contributed by atoms with Crippen LogP contribution in [0.5, 0.6) is 5.75 Å². The van der Waals surface area contributed by atoms with Crippen LogP contribution in [-0.2, 0) is 9.53 Å². The van der Waals surface area contributed by atoms with E-state index in [0.29, 0.717) is 0 Å². The normalized spacial score (nSPS) is 15.1. The van der Waals surface area contributed by atoms with Gasteiger partial charge < -0.3 is 14.6 Å². The molecule has 0 amide bonds. The van der Waals surface area contributed by atoms with Crippen molar-refractivity contribution >= 4 is 16.7 Å². The molecule has 0 aliphatic carbocycles. The molecule has 0 spiro atoms. The number of methoxy groups -OCH3 is 1. The van der Waals surface area contributed by atoms with Gasteiger partial charge in [-0.05, 0) is 49.2 Å². The Bertz CT molecular complexity index is 663. The summed E-state index contributed by atoms with van der Waals surface area (Å²) in [5.41, 5.74) is 0.889. The van der Waals surface area contributed by atoms with Crippen LogP contribution in [0.2, 0.25) is 0 Å². The summed E-state index contributed by atoms with van der Waals surface area (Å²) in [4.78, 5) is 12.1. The van der Waals surface area contributed by atoms with Gasteiger partial charge in [0.25, 0.3) is 0 Å². The van der Waals surface area contributed by atoms with E-state index in [-0.39, 0.29) is 11.9 Å². The van der Waals surface area contributed by atoms with E-state index in [0.717, 1.165) is 22.1 Å². The topological polar surface area (TPSA) is 55.8 Å². The lowest BCUT2D eigenvalue weighted by Crippen LogP contribution is -2.28. The Hall–Kier alpha value is -2.07. The Morgan fingerprint density at radius 1 is 1.05 bits per heavy atom. The van der Waals surface area contributed by atoms with E-state index in [9.17, 15) is 9.90 Å². The number of esters is 1. The van der Waals surface area contributed by atoms with Gasteiger partial charge in [-0.25, -0.2) is 0 Å². The van der Waals surface area contributed by atoms with E-state index in [1.54, 1.807) is 21.0 Å². The van der Waals surface area contributed by atoms with E-state index in [4.69, 9.17) is 9.47 Å². The highest BCUT2D eigenvalue weighted by molar-refractivity contribution is 5.86. The Kier molecular flexibility index (Phi) is 5.03. The highest BCUT2D eigenvalue weighted by Gasteiger charge is 2.21. The van der Waals surface area contributed by atoms with Crippen LogP contribution >= 0.6 is 0 Å². The first-order chi connectivity index (χ1) is 10.4. The Balaban J connectivity index is 2.21. The highest BCUT2D eigenvalue weighted by Crippen LogP contribution is 2.26. The summed E-state index contributed by atoms with van der Waals surface area (Å²) in [6, 6.07) is 11.7. The van der Waals surface area contributed by atoms with Gasteiger partial charge in [0, 0.05) is 0 Å². The van der Waals surface area contributed by atoms with Gasteiger partial charge in [0.15, 0.2) is 0 Å².